The minimum Gasteiger partial charge on any atom is -0.368 e. The zero-order valence-corrected chi connectivity index (χ0v) is 22.5. The number of hydrogen-bond acceptors (Lipinski definition) is 7. The first-order valence-electron chi connectivity index (χ1n) is 12.9. The van der Waals surface area contributed by atoms with Gasteiger partial charge in [-0.25, -0.2) is 19.3 Å². The second-order valence-electron chi connectivity index (χ2n) is 9.85. The van der Waals surface area contributed by atoms with Gasteiger partial charge in [-0.15, -0.1) is 0 Å². The number of nitrogens with one attached hydrogen (secondary N) is 2. The molecule has 6 rings (SSSR count). The molecule has 1 fully saturated rings. The van der Waals surface area contributed by atoms with E-state index in [0.717, 1.165) is 48.9 Å². The monoisotopic (exact) mass is 542 g/mol. The molecule has 0 spiro atoms. The van der Waals surface area contributed by atoms with Crippen LogP contribution in [0.4, 0.5) is 21.6 Å². The molecule has 5 heterocycles. The van der Waals surface area contributed by atoms with E-state index < -0.39 is 5.82 Å². The second kappa shape index (κ2) is 10.6. The van der Waals surface area contributed by atoms with Crippen LogP contribution in [0.5, 0.6) is 0 Å². The van der Waals surface area contributed by atoms with Gasteiger partial charge in [0.05, 0.1) is 52.5 Å². The van der Waals surface area contributed by atoms with Crippen molar-refractivity contribution in [3.8, 4) is 22.6 Å². The van der Waals surface area contributed by atoms with Gasteiger partial charge in [-0.1, -0.05) is 11.6 Å². The topological polar surface area (TPSA) is 85.9 Å². The molecule has 0 saturated carbocycles. The van der Waals surface area contributed by atoms with E-state index >= 15 is 0 Å². The van der Waals surface area contributed by atoms with Crippen LogP contribution in [0.15, 0.2) is 67.3 Å². The number of aromatic amines is 1. The zero-order chi connectivity index (χ0) is 26.9. The Morgan fingerprint density at radius 3 is 2.54 bits per heavy atom. The molecule has 198 valence electrons. The molecule has 1 saturated heterocycles. The zero-order valence-electron chi connectivity index (χ0n) is 21.7. The number of halogens is 2. The fourth-order valence-electron chi connectivity index (χ4n) is 4.88. The molecule has 1 aliphatic rings. The molecule has 2 N–H and O–H groups in total. The highest BCUT2D eigenvalue weighted by molar-refractivity contribution is 6.30. The fourth-order valence-corrected chi connectivity index (χ4v) is 5.05. The molecule has 0 bridgehead atoms. The van der Waals surface area contributed by atoms with Crippen molar-refractivity contribution < 1.29 is 4.39 Å². The number of imidazole rings is 1. The number of fused-ring (bicyclic) bond motifs is 1. The molecular weight excluding hydrogens is 515 g/mol. The van der Waals surface area contributed by atoms with Gasteiger partial charge in [-0.2, -0.15) is 0 Å². The summed E-state index contributed by atoms with van der Waals surface area (Å²) in [6, 6.07) is 14.7. The molecule has 39 heavy (non-hydrogen) atoms. The van der Waals surface area contributed by atoms with E-state index in [0.29, 0.717) is 39.2 Å². The van der Waals surface area contributed by atoms with Crippen molar-refractivity contribution in [2.75, 3.05) is 36.4 Å². The highest BCUT2D eigenvalue weighted by Crippen LogP contribution is 2.32. The van der Waals surface area contributed by atoms with Gasteiger partial charge in [-0.3, -0.25) is 9.88 Å². The van der Waals surface area contributed by atoms with Crippen LogP contribution in [0, 0.1) is 5.82 Å². The quantitative estimate of drug-likeness (QED) is 0.266. The summed E-state index contributed by atoms with van der Waals surface area (Å²) in [6.07, 6.45) is 5.19. The Labute approximate surface area is 230 Å². The average Bonchev–Trinajstić information content (AvgIpc) is 3.44. The predicted octanol–water partition coefficient (Wildman–Crippen LogP) is 6.15. The maximum Gasteiger partial charge on any atom is 0.132 e. The van der Waals surface area contributed by atoms with Gasteiger partial charge in [0.15, 0.2) is 0 Å². The summed E-state index contributed by atoms with van der Waals surface area (Å²) in [5, 5.41) is 3.76. The summed E-state index contributed by atoms with van der Waals surface area (Å²) in [4.78, 5) is 26.3. The van der Waals surface area contributed by atoms with Crippen LogP contribution in [0.25, 0.3) is 33.7 Å². The molecule has 0 atom stereocenters. The Morgan fingerprint density at radius 1 is 0.923 bits per heavy atom. The second-order valence-corrected chi connectivity index (χ2v) is 10.3. The summed E-state index contributed by atoms with van der Waals surface area (Å²) in [5.41, 5.74) is 5.29. The Hall–Kier alpha value is -4.08. The summed E-state index contributed by atoms with van der Waals surface area (Å²) in [6.45, 7) is 8.60. The van der Waals surface area contributed by atoms with E-state index in [1.165, 1.54) is 18.5 Å². The van der Waals surface area contributed by atoms with Crippen LogP contribution >= 0.6 is 11.6 Å². The molecule has 4 aromatic heterocycles. The lowest BCUT2D eigenvalue weighted by Gasteiger charge is -2.38. The summed E-state index contributed by atoms with van der Waals surface area (Å²) in [7, 11) is 0. The van der Waals surface area contributed by atoms with Crippen molar-refractivity contribution in [2.24, 2.45) is 0 Å². The highest BCUT2D eigenvalue weighted by Gasteiger charge is 2.19. The molecule has 5 aromatic rings. The summed E-state index contributed by atoms with van der Waals surface area (Å²) >= 11 is 6.11. The molecule has 0 radical (unpaired) electrons. The number of pyridine rings is 3. The molecule has 1 aromatic carbocycles. The largest absolute Gasteiger partial charge is 0.368 e. The predicted molar refractivity (Wildman–Crippen MR) is 154 cm³/mol. The van der Waals surface area contributed by atoms with Gasteiger partial charge in [0.1, 0.15) is 17.3 Å². The van der Waals surface area contributed by atoms with Crippen LogP contribution in [0.1, 0.15) is 13.8 Å². The van der Waals surface area contributed by atoms with Gasteiger partial charge in [-0.05, 0) is 62.4 Å². The Bertz CT molecular complexity index is 1610. The van der Waals surface area contributed by atoms with Gasteiger partial charge >= 0.3 is 0 Å². The number of aromatic nitrogens is 5. The standard InChI is InChI=1S/C29H28ClFN8/c1-18(2)38-9-11-39(12-10-38)21-4-8-27(33-16-21)36-20-14-26-24(32-15-20)6-7-25(37-26)29-28(34-17-35-29)22-13-19(30)3-5-23(22)31/h3-8,13-18H,9-12H2,1-2H3,(H,33,36)(H,34,35). The van der Waals surface area contributed by atoms with E-state index in [4.69, 9.17) is 16.6 Å². The van der Waals surface area contributed by atoms with Crippen LogP contribution in [-0.4, -0.2) is 62.0 Å². The van der Waals surface area contributed by atoms with E-state index in [2.05, 4.69) is 55.0 Å². The third-order valence-corrected chi connectivity index (χ3v) is 7.28. The van der Waals surface area contributed by atoms with Crippen molar-refractivity contribution >= 4 is 39.8 Å². The molecule has 0 amide bonds. The molecular formula is C29H28ClFN8. The first-order chi connectivity index (χ1) is 18.9. The minimum atomic E-state index is -0.405. The number of nitrogens with zero attached hydrogens (tertiary/aromatic N) is 6. The van der Waals surface area contributed by atoms with Crippen molar-refractivity contribution in [3.63, 3.8) is 0 Å². The maximum atomic E-state index is 14.6. The summed E-state index contributed by atoms with van der Waals surface area (Å²) < 4.78 is 14.6. The third kappa shape index (κ3) is 5.28. The van der Waals surface area contributed by atoms with Crippen LogP contribution in [0.3, 0.4) is 0 Å². The lowest BCUT2D eigenvalue weighted by molar-refractivity contribution is 0.209. The fraction of sp³-hybridized carbons (Fsp3) is 0.241. The lowest BCUT2D eigenvalue weighted by Crippen LogP contribution is -2.48. The van der Waals surface area contributed by atoms with Gasteiger partial charge in [0.25, 0.3) is 0 Å². The van der Waals surface area contributed by atoms with E-state index in [9.17, 15) is 4.39 Å². The van der Waals surface area contributed by atoms with Crippen molar-refractivity contribution in [3.05, 3.63) is 78.1 Å². The van der Waals surface area contributed by atoms with E-state index in [1.54, 1.807) is 12.3 Å². The Kier molecular flexibility index (Phi) is 6.85. The van der Waals surface area contributed by atoms with E-state index in [-0.39, 0.29) is 0 Å². The van der Waals surface area contributed by atoms with Crippen LogP contribution in [-0.2, 0) is 0 Å². The maximum absolute atomic E-state index is 14.6. The molecule has 10 heteroatoms. The van der Waals surface area contributed by atoms with E-state index in [1.807, 2.05) is 30.5 Å². The smallest absolute Gasteiger partial charge is 0.132 e. The normalized spacial score (nSPS) is 14.3. The molecule has 1 aliphatic heterocycles. The number of rotatable bonds is 6. The molecule has 0 unspecified atom stereocenters. The van der Waals surface area contributed by atoms with Crippen molar-refractivity contribution in [1.29, 1.82) is 0 Å². The van der Waals surface area contributed by atoms with Gasteiger partial charge in [0, 0.05) is 42.8 Å². The number of benzene rings is 1. The lowest BCUT2D eigenvalue weighted by atomic mass is 10.1. The number of piperazine rings is 1. The molecule has 0 aliphatic carbocycles. The average molecular weight is 543 g/mol. The first-order valence-corrected chi connectivity index (χ1v) is 13.3. The van der Waals surface area contributed by atoms with Crippen LogP contribution < -0.4 is 10.2 Å². The first kappa shape index (κ1) is 25.2. The molecule has 8 nitrogen and oxygen atoms in total. The number of anilines is 3. The Morgan fingerprint density at radius 2 is 1.77 bits per heavy atom. The van der Waals surface area contributed by atoms with Gasteiger partial charge in [0.2, 0.25) is 0 Å². The van der Waals surface area contributed by atoms with Crippen LogP contribution in [0.2, 0.25) is 5.02 Å². The summed E-state index contributed by atoms with van der Waals surface area (Å²) in [5.74, 6) is 0.321. The minimum absolute atomic E-state index is 0.311. The number of hydrogen-bond donors (Lipinski definition) is 2. The third-order valence-electron chi connectivity index (χ3n) is 7.05. The number of H-pyrrole nitrogens is 1. The van der Waals surface area contributed by atoms with Gasteiger partial charge < -0.3 is 15.2 Å². The Balaban J connectivity index is 1.21. The van der Waals surface area contributed by atoms with Crippen molar-refractivity contribution in [1.82, 2.24) is 29.8 Å². The van der Waals surface area contributed by atoms with Crippen molar-refractivity contribution in [2.45, 2.75) is 19.9 Å². The SMILES string of the molecule is CC(C)N1CCN(c2ccc(Nc3cnc4ccc(-c5[nH]cnc5-c5cc(Cl)ccc5F)nc4c3)nc2)CC1. The highest BCUT2D eigenvalue weighted by atomic mass is 35.5.